The van der Waals surface area contributed by atoms with Crippen molar-refractivity contribution in [2.24, 2.45) is 0 Å². The van der Waals surface area contributed by atoms with Crippen LogP contribution in [0.1, 0.15) is 23.1 Å². The highest BCUT2D eigenvalue weighted by Crippen LogP contribution is 2.48. The molecule has 1 saturated heterocycles. The Hall–Kier alpha value is -1.45. The third kappa shape index (κ3) is 3.26. The van der Waals surface area contributed by atoms with Crippen molar-refractivity contribution >= 4 is 0 Å². The number of halogens is 9. The third-order valence-corrected chi connectivity index (χ3v) is 3.84. The van der Waals surface area contributed by atoms with Crippen LogP contribution in [0.5, 0.6) is 0 Å². The lowest BCUT2D eigenvalue weighted by molar-refractivity contribution is -0.185. The molecule has 0 saturated carbocycles. The van der Waals surface area contributed by atoms with Gasteiger partial charge in [0.05, 0.1) is 11.1 Å². The van der Waals surface area contributed by atoms with Crippen molar-refractivity contribution in [3.05, 3.63) is 34.9 Å². The van der Waals surface area contributed by atoms with Crippen LogP contribution in [0.3, 0.4) is 0 Å². The number of hydrogen-bond acceptors (Lipinski definition) is 1. The van der Waals surface area contributed by atoms with Gasteiger partial charge in [-0.25, -0.2) is 0 Å². The lowest BCUT2D eigenvalue weighted by Gasteiger charge is -2.32. The molecule has 1 N–H and O–H groups in total. The van der Waals surface area contributed by atoms with Crippen molar-refractivity contribution in [2.75, 3.05) is 13.1 Å². The summed E-state index contributed by atoms with van der Waals surface area (Å²) in [6.45, 7) is -0.924. The van der Waals surface area contributed by atoms with Gasteiger partial charge >= 0.3 is 18.5 Å². The second kappa shape index (κ2) is 5.29. The van der Waals surface area contributed by atoms with E-state index in [4.69, 9.17) is 0 Å². The molecule has 2 rings (SSSR count). The lowest BCUT2D eigenvalue weighted by Crippen LogP contribution is -2.44. The van der Waals surface area contributed by atoms with Gasteiger partial charge in [-0.1, -0.05) is 0 Å². The summed E-state index contributed by atoms with van der Waals surface area (Å²) in [4.78, 5) is 0. The van der Waals surface area contributed by atoms with Gasteiger partial charge in [0, 0.05) is 6.54 Å². The average molecular weight is 351 g/mol. The molecule has 0 unspecified atom stereocenters. The zero-order valence-electron chi connectivity index (χ0n) is 11.3. The van der Waals surface area contributed by atoms with Gasteiger partial charge in [-0.15, -0.1) is 0 Å². The Morgan fingerprint density at radius 2 is 1.26 bits per heavy atom. The maximum Gasteiger partial charge on any atom is 0.416 e. The fourth-order valence-electron chi connectivity index (χ4n) is 2.58. The van der Waals surface area contributed by atoms with E-state index >= 15 is 0 Å². The van der Waals surface area contributed by atoms with Gasteiger partial charge in [0.2, 0.25) is 0 Å². The summed E-state index contributed by atoms with van der Waals surface area (Å²) in [5.74, 6) is 0. The van der Waals surface area contributed by atoms with Gasteiger partial charge in [-0.05, 0) is 36.7 Å². The Kier molecular flexibility index (Phi) is 4.11. The molecule has 1 aromatic carbocycles. The van der Waals surface area contributed by atoms with Crippen molar-refractivity contribution in [2.45, 2.75) is 30.4 Å². The van der Waals surface area contributed by atoms with E-state index in [1.165, 1.54) is 0 Å². The minimum absolute atomic E-state index is 0.149. The molecular weight excluding hydrogens is 341 g/mol. The van der Waals surface area contributed by atoms with Gasteiger partial charge in [0.1, 0.15) is 5.41 Å². The summed E-state index contributed by atoms with van der Waals surface area (Å²) in [6, 6.07) is 0.113. The summed E-state index contributed by atoms with van der Waals surface area (Å²) in [5.41, 5.74) is -7.30. The van der Waals surface area contributed by atoms with E-state index in [1.54, 1.807) is 0 Å². The van der Waals surface area contributed by atoms with Gasteiger partial charge < -0.3 is 5.32 Å². The predicted molar refractivity (Wildman–Crippen MR) is 61.7 cm³/mol. The molecule has 0 spiro atoms. The Balaban J connectivity index is 2.70. The largest absolute Gasteiger partial charge is 0.416 e. The van der Waals surface area contributed by atoms with Crippen LogP contribution in [-0.4, -0.2) is 19.3 Å². The highest BCUT2D eigenvalue weighted by atomic mass is 19.4. The van der Waals surface area contributed by atoms with Crippen molar-refractivity contribution in [1.82, 2.24) is 5.32 Å². The first kappa shape index (κ1) is 17.9. The third-order valence-electron chi connectivity index (χ3n) is 3.84. The van der Waals surface area contributed by atoms with Crippen molar-refractivity contribution < 1.29 is 39.5 Å². The highest BCUT2D eigenvalue weighted by molar-refractivity contribution is 5.40. The first-order valence-electron chi connectivity index (χ1n) is 6.35. The van der Waals surface area contributed by atoms with Crippen molar-refractivity contribution in [1.29, 1.82) is 0 Å². The number of alkyl halides is 9. The second-order valence-corrected chi connectivity index (χ2v) is 5.30. The molecule has 1 aliphatic rings. The number of rotatable bonds is 1. The highest BCUT2D eigenvalue weighted by Gasteiger charge is 2.58. The molecule has 1 aliphatic heterocycles. The minimum Gasteiger partial charge on any atom is -0.315 e. The summed E-state index contributed by atoms with van der Waals surface area (Å²) in [6.07, 6.45) is -16.0. The number of benzene rings is 1. The fourth-order valence-corrected chi connectivity index (χ4v) is 2.58. The van der Waals surface area contributed by atoms with Gasteiger partial charge in [0.25, 0.3) is 0 Å². The predicted octanol–water partition coefficient (Wildman–Crippen LogP) is 4.52. The molecule has 130 valence electrons. The summed E-state index contributed by atoms with van der Waals surface area (Å²) < 4.78 is 117. The Bertz CT molecular complexity index is 544. The standard InChI is InChI=1S/C13H10F9N/c14-11(15,16)8-3-7(4-9(5-8)12(17,18)19)10(13(20,21)22)1-2-23-6-10/h3-5,23H,1-2,6H2/t10-/m0/s1. The van der Waals surface area contributed by atoms with E-state index in [2.05, 4.69) is 5.32 Å². The van der Waals surface area contributed by atoms with Crippen LogP contribution in [0, 0.1) is 0 Å². The monoisotopic (exact) mass is 351 g/mol. The van der Waals surface area contributed by atoms with E-state index in [-0.39, 0.29) is 24.7 Å². The molecule has 23 heavy (non-hydrogen) atoms. The maximum atomic E-state index is 13.4. The zero-order valence-corrected chi connectivity index (χ0v) is 11.3. The molecule has 0 aliphatic carbocycles. The number of hydrogen-bond donors (Lipinski definition) is 1. The smallest absolute Gasteiger partial charge is 0.315 e. The molecule has 0 aromatic heterocycles. The van der Waals surface area contributed by atoms with Crippen LogP contribution in [0.25, 0.3) is 0 Å². The molecule has 1 nitrogen and oxygen atoms in total. The van der Waals surface area contributed by atoms with Crippen LogP contribution < -0.4 is 5.32 Å². The van der Waals surface area contributed by atoms with Crippen molar-refractivity contribution in [3.8, 4) is 0 Å². The molecule has 10 heteroatoms. The first-order chi connectivity index (χ1) is 10.3. The fraction of sp³-hybridized carbons (Fsp3) is 0.538. The van der Waals surface area contributed by atoms with E-state index in [1.807, 2.05) is 0 Å². The normalized spacial score (nSPS) is 23.3. The van der Waals surface area contributed by atoms with E-state index in [0.29, 0.717) is 0 Å². The molecule has 0 amide bonds. The van der Waals surface area contributed by atoms with Crippen LogP contribution >= 0.6 is 0 Å². The van der Waals surface area contributed by atoms with E-state index in [0.717, 1.165) is 0 Å². The quantitative estimate of drug-likeness (QED) is 0.734. The summed E-state index contributed by atoms with van der Waals surface area (Å²) >= 11 is 0. The molecule has 0 bridgehead atoms. The lowest BCUT2D eigenvalue weighted by atomic mass is 9.77. The molecule has 1 atom stereocenters. The van der Waals surface area contributed by atoms with Crippen molar-refractivity contribution in [3.63, 3.8) is 0 Å². The van der Waals surface area contributed by atoms with Crippen LogP contribution in [-0.2, 0) is 17.8 Å². The Morgan fingerprint density at radius 1 is 0.783 bits per heavy atom. The van der Waals surface area contributed by atoms with E-state index in [9.17, 15) is 39.5 Å². The van der Waals surface area contributed by atoms with Gasteiger partial charge in [-0.3, -0.25) is 0 Å². The Labute approximate surface area is 124 Å². The maximum absolute atomic E-state index is 13.4. The molecular formula is C13H10F9N. The second-order valence-electron chi connectivity index (χ2n) is 5.30. The van der Waals surface area contributed by atoms with Crippen LogP contribution in [0.2, 0.25) is 0 Å². The van der Waals surface area contributed by atoms with E-state index < -0.39 is 53.6 Å². The first-order valence-corrected chi connectivity index (χ1v) is 6.35. The minimum atomic E-state index is -5.19. The van der Waals surface area contributed by atoms with Crippen LogP contribution in [0.15, 0.2) is 18.2 Å². The SMILES string of the molecule is FC(F)(F)c1cc(C(F)(F)F)cc([C@]2(C(F)(F)F)CCNC2)c1. The summed E-state index contributed by atoms with van der Waals surface area (Å²) in [5, 5.41) is 2.35. The molecule has 1 heterocycles. The van der Waals surface area contributed by atoms with Gasteiger partial charge in [-0.2, -0.15) is 39.5 Å². The molecule has 0 radical (unpaired) electrons. The summed E-state index contributed by atoms with van der Waals surface area (Å²) in [7, 11) is 0. The zero-order chi connectivity index (χ0) is 17.7. The number of nitrogens with one attached hydrogen (secondary N) is 1. The topological polar surface area (TPSA) is 12.0 Å². The molecule has 1 aromatic rings. The average Bonchev–Trinajstić information content (AvgIpc) is 2.86. The molecule has 1 fully saturated rings. The van der Waals surface area contributed by atoms with Gasteiger partial charge in [0.15, 0.2) is 0 Å². The Morgan fingerprint density at radius 3 is 1.57 bits per heavy atom. The van der Waals surface area contributed by atoms with Crippen LogP contribution in [0.4, 0.5) is 39.5 Å².